The van der Waals surface area contributed by atoms with Crippen LogP contribution in [0, 0.1) is 0 Å². The van der Waals surface area contributed by atoms with Gasteiger partial charge in [-0.3, -0.25) is 0 Å². The van der Waals surface area contributed by atoms with Crippen LogP contribution in [0.3, 0.4) is 0 Å². The molecule has 0 saturated heterocycles. The Kier molecular flexibility index (Phi) is 30.3. The molecule has 0 bridgehead atoms. The minimum absolute atomic E-state index is 0. The van der Waals surface area contributed by atoms with Gasteiger partial charge in [-0.25, -0.2) is 8.42 Å². The van der Waals surface area contributed by atoms with Crippen molar-refractivity contribution in [2.45, 2.75) is 0 Å². The Balaban J connectivity index is -0.000000174. The summed E-state index contributed by atoms with van der Waals surface area (Å²) in [7, 11) is 0. The van der Waals surface area contributed by atoms with Crippen LogP contribution >= 0.6 is 12.3 Å². The number of anilines is 2. The molecular weight excluding hydrogens is 374 g/mol. The Morgan fingerprint density at radius 2 is 1.29 bits per heavy atom. The van der Waals surface area contributed by atoms with E-state index in [1.54, 1.807) is 0 Å². The van der Waals surface area contributed by atoms with E-state index in [0.717, 1.165) is 11.1 Å². The number of nitrogens with two attached hydrogens (primary N) is 2. The molecule has 122 valence electrons. The van der Waals surface area contributed by atoms with Crippen molar-refractivity contribution in [2.75, 3.05) is 11.5 Å². The van der Waals surface area contributed by atoms with Crippen LogP contribution in [-0.4, -0.2) is 24.3 Å². The molecule has 7 nitrogen and oxygen atoms in total. The Morgan fingerprint density at radius 1 is 0.875 bits per heavy atom. The Bertz CT molecular complexity index is 574. The number of carbonyl (C=O) groups excluding carboxylic acids is 1. The maximum Gasteiger partial charge on any atom is 1.00 e. The minimum Gasteiger partial charge on any atom is -0.811 e. The third-order valence-corrected chi connectivity index (χ3v) is 2.22. The summed E-state index contributed by atoms with van der Waals surface area (Å²) in [6, 6.07) is 15.7. The van der Waals surface area contributed by atoms with E-state index in [1.807, 2.05) is 55.3 Å². The van der Waals surface area contributed by atoms with Gasteiger partial charge in [0.15, 0.2) is 0 Å². The molecule has 0 radical (unpaired) electrons. The zero-order valence-corrected chi connectivity index (χ0v) is 19.2. The van der Waals surface area contributed by atoms with Crippen LogP contribution in [0.15, 0.2) is 48.5 Å². The molecule has 0 unspecified atom stereocenters. The van der Waals surface area contributed by atoms with Crippen molar-refractivity contribution in [1.82, 2.24) is 0 Å². The molecule has 2 aromatic carbocycles. The van der Waals surface area contributed by atoms with E-state index in [9.17, 15) is 0 Å². The summed E-state index contributed by atoms with van der Waals surface area (Å²) in [6.45, 7) is 2.00. The van der Waals surface area contributed by atoms with Crippen molar-refractivity contribution in [1.29, 1.82) is 0 Å². The van der Waals surface area contributed by atoms with Crippen LogP contribution in [0.4, 0.5) is 11.4 Å². The van der Waals surface area contributed by atoms with Gasteiger partial charge in [-0.2, -0.15) is 0 Å². The van der Waals surface area contributed by atoms with E-state index in [2.05, 4.69) is 0 Å². The summed E-state index contributed by atoms with van der Waals surface area (Å²) >= 11 is -2.17. The molecule has 24 heavy (non-hydrogen) atoms. The van der Waals surface area contributed by atoms with Crippen molar-refractivity contribution in [3.05, 3.63) is 48.5 Å². The van der Waals surface area contributed by atoms with Crippen molar-refractivity contribution < 1.29 is 81.4 Å². The second-order valence-corrected chi connectivity index (χ2v) is 3.63. The van der Waals surface area contributed by atoms with E-state index in [-0.39, 0.29) is 59.1 Å². The Hall–Kier alpha value is -0.0700. The van der Waals surface area contributed by atoms with Gasteiger partial charge in [-0.1, -0.05) is 42.5 Å². The van der Waals surface area contributed by atoms with E-state index in [1.165, 1.54) is 0 Å². The van der Waals surface area contributed by atoms with Crippen molar-refractivity contribution >= 4 is 42.1 Å². The molecule has 4 N–H and O–H groups in total. The van der Waals surface area contributed by atoms with E-state index < -0.39 is 23.9 Å². The average Bonchev–Trinajstić information content (AvgIpc) is 2.54. The summed E-state index contributed by atoms with van der Waals surface area (Å²) in [5, 5.41) is 0. The fourth-order valence-corrected chi connectivity index (χ4v) is 1.45. The van der Waals surface area contributed by atoms with Gasteiger partial charge in [-0.15, -0.1) is 0 Å². The summed E-state index contributed by atoms with van der Waals surface area (Å²) in [4.78, 5) is 8.00. The summed E-state index contributed by atoms with van der Waals surface area (Å²) in [5.74, 6) is 0. The molecule has 0 spiro atoms. The van der Waals surface area contributed by atoms with Gasteiger partial charge in [0.1, 0.15) is 18.4 Å². The van der Waals surface area contributed by atoms with E-state index in [4.69, 9.17) is 33.8 Å². The predicted molar refractivity (Wildman–Crippen MR) is 88.7 cm³/mol. The molecule has 0 atom stereocenters. The van der Waals surface area contributed by atoms with E-state index in [0.29, 0.717) is 11.4 Å². The first-order chi connectivity index (χ1) is 10.6. The quantitative estimate of drug-likeness (QED) is 0.280. The van der Waals surface area contributed by atoms with Gasteiger partial charge in [0, 0.05) is 5.56 Å². The van der Waals surface area contributed by atoms with Crippen LogP contribution in [0.5, 0.6) is 0 Å². The molecule has 0 aromatic heterocycles. The SMILES string of the molecule is C=O.Nc1cccc(-c2ccccc2)c1N.O=[SH2]=O.[Na+].[Na+].[O-]S[O-]. The van der Waals surface area contributed by atoms with Crippen molar-refractivity contribution in [3.8, 4) is 11.1 Å². The first-order valence-electron chi connectivity index (χ1n) is 5.51. The first kappa shape index (κ1) is 31.7. The second kappa shape index (κ2) is 22.9. The largest absolute Gasteiger partial charge is 1.00 e. The number of carbonyl (C=O) groups is 1. The number of benzene rings is 2. The van der Waals surface area contributed by atoms with Gasteiger partial charge >= 0.3 is 59.1 Å². The molecule has 0 aliphatic heterocycles. The van der Waals surface area contributed by atoms with Crippen LogP contribution < -0.4 is 70.6 Å². The smallest absolute Gasteiger partial charge is 0.811 e. The summed E-state index contributed by atoms with van der Waals surface area (Å²) < 4.78 is 33.4. The molecule has 0 saturated carbocycles. The predicted octanol–water partition coefficient (Wildman–Crippen LogP) is -4.88. The maximum absolute atomic E-state index is 8.40. The van der Waals surface area contributed by atoms with Gasteiger partial charge in [0.25, 0.3) is 0 Å². The van der Waals surface area contributed by atoms with Crippen LogP contribution in [0.2, 0.25) is 0 Å². The second-order valence-electron chi connectivity index (χ2n) is 3.33. The maximum atomic E-state index is 8.40. The zero-order valence-electron chi connectivity index (χ0n) is 13.4. The third-order valence-electron chi connectivity index (χ3n) is 2.22. The molecule has 0 heterocycles. The zero-order chi connectivity index (χ0) is 17.4. The topological polar surface area (TPSA) is 149 Å². The molecule has 0 aliphatic rings. The number of hydrogen-bond acceptors (Lipinski definition) is 8. The van der Waals surface area contributed by atoms with Gasteiger partial charge in [0.2, 0.25) is 0 Å². The monoisotopic (exact) mass is 390 g/mol. The van der Waals surface area contributed by atoms with Crippen LogP contribution in [0.1, 0.15) is 0 Å². The molecule has 2 rings (SSSR count). The summed E-state index contributed by atoms with van der Waals surface area (Å²) in [6.07, 6.45) is 0. The fourth-order valence-electron chi connectivity index (χ4n) is 1.45. The molecule has 0 fully saturated rings. The van der Waals surface area contributed by atoms with Gasteiger partial charge in [0.05, 0.1) is 11.4 Å². The number of para-hydroxylation sites is 1. The standard InChI is InChI=1S/C12H12N2.CH2O.2Na.2H2O2S/c13-11-8-4-7-10(12(11)14)9-5-2-1-3-6-9;1-2;;;2*1-3-2/h1-8H,13-14H2;1H2;;;3H2;1-2H/q;;2*+1;;/p-2. The molecule has 2 aromatic rings. The van der Waals surface area contributed by atoms with Gasteiger partial charge in [-0.05, 0) is 11.6 Å². The summed E-state index contributed by atoms with van der Waals surface area (Å²) in [5.41, 5.74) is 15.0. The number of hydrogen-bond donors (Lipinski definition) is 2. The minimum atomic E-state index is -1.42. The molecule has 11 heteroatoms. The van der Waals surface area contributed by atoms with Crippen molar-refractivity contribution in [3.63, 3.8) is 0 Å². The Morgan fingerprint density at radius 3 is 1.71 bits per heavy atom. The first-order valence-corrected chi connectivity index (χ1v) is 7.00. The number of nitrogen functional groups attached to an aromatic ring is 2. The van der Waals surface area contributed by atoms with Gasteiger partial charge < -0.3 is 37.7 Å². The van der Waals surface area contributed by atoms with Crippen molar-refractivity contribution in [2.24, 2.45) is 0 Å². The Labute approximate surface area is 192 Å². The average molecular weight is 390 g/mol. The van der Waals surface area contributed by atoms with E-state index >= 15 is 0 Å². The number of rotatable bonds is 1. The molecular formula is C13H16N2Na2O5S2. The van der Waals surface area contributed by atoms with Crippen LogP contribution in [0.25, 0.3) is 11.1 Å². The normalized spacial score (nSPS) is 7.42. The third kappa shape index (κ3) is 14.3. The van der Waals surface area contributed by atoms with Crippen LogP contribution in [-0.2, 0) is 16.4 Å². The molecule has 0 amide bonds. The fraction of sp³-hybridized carbons (Fsp3) is 0. The molecule has 0 aliphatic carbocycles.